The first-order chi connectivity index (χ1) is 8.22. The summed E-state index contributed by atoms with van der Waals surface area (Å²) in [6.07, 6.45) is 4.65. The number of hydrogen-bond acceptors (Lipinski definition) is 2. The monoisotopic (exact) mass is 228 g/mol. The van der Waals surface area contributed by atoms with Crippen molar-refractivity contribution >= 4 is 17.3 Å². The maximum atomic E-state index is 12.2. The quantitative estimate of drug-likeness (QED) is 0.778. The molecule has 0 unspecified atom stereocenters. The van der Waals surface area contributed by atoms with E-state index in [1.54, 1.807) is 12.2 Å². The number of fused-ring (bicyclic) bond motifs is 1. The van der Waals surface area contributed by atoms with Crippen LogP contribution in [-0.2, 0) is 4.79 Å². The third-order valence-electron chi connectivity index (χ3n) is 2.97. The van der Waals surface area contributed by atoms with Gasteiger partial charge in [-0.2, -0.15) is 0 Å². The maximum absolute atomic E-state index is 12.2. The van der Waals surface area contributed by atoms with Crippen LogP contribution in [0.4, 0.5) is 11.4 Å². The molecule has 1 heterocycles. The van der Waals surface area contributed by atoms with Crippen molar-refractivity contribution < 1.29 is 4.79 Å². The Bertz CT molecular complexity index is 455. The van der Waals surface area contributed by atoms with E-state index in [1.165, 1.54) is 0 Å². The van der Waals surface area contributed by atoms with E-state index in [0.717, 1.165) is 11.4 Å². The number of nitrogens with one attached hydrogen (secondary N) is 2. The van der Waals surface area contributed by atoms with Crippen molar-refractivity contribution in [1.82, 2.24) is 0 Å². The first-order valence-electron chi connectivity index (χ1n) is 5.62. The summed E-state index contributed by atoms with van der Waals surface area (Å²) in [6.45, 7) is 7.44. The van der Waals surface area contributed by atoms with Crippen LogP contribution < -0.4 is 10.6 Å². The van der Waals surface area contributed by atoms with Crippen LogP contribution in [0.15, 0.2) is 49.6 Å². The summed E-state index contributed by atoms with van der Waals surface area (Å²) < 4.78 is 0. The van der Waals surface area contributed by atoms with E-state index >= 15 is 0 Å². The molecular weight excluding hydrogens is 212 g/mol. The zero-order chi connectivity index (χ0) is 12.3. The van der Waals surface area contributed by atoms with E-state index in [9.17, 15) is 4.79 Å². The van der Waals surface area contributed by atoms with Gasteiger partial charge in [-0.1, -0.05) is 24.3 Å². The molecule has 2 rings (SSSR count). The minimum atomic E-state index is -0.655. The van der Waals surface area contributed by atoms with Gasteiger partial charge in [0, 0.05) is 0 Å². The van der Waals surface area contributed by atoms with Gasteiger partial charge in [0.15, 0.2) is 0 Å². The van der Waals surface area contributed by atoms with Gasteiger partial charge in [0.25, 0.3) is 5.91 Å². The predicted octanol–water partition coefficient (Wildman–Crippen LogP) is 2.94. The lowest BCUT2D eigenvalue weighted by Crippen LogP contribution is -2.51. The highest BCUT2D eigenvalue weighted by atomic mass is 16.2. The van der Waals surface area contributed by atoms with Gasteiger partial charge in [-0.3, -0.25) is 4.79 Å². The lowest BCUT2D eigenvalue weighted by molar-refractivity contribution is -0.120. The lowest BCUT2D eigenvalue weighted by Gasteiger charge is -2.37. The van der Waals surface area contributed by atoms with Crippen molar-refractivity contribution in [1.29, 1.82) is 0 Å². The summed E-state index contributed by atoms with van der Waals surface area (Å²) in [5.41, 5.74) is 1.11. The van der Waals surface area contributed by atoms with E-state index in [1.807, 2.05) is 24.3 Å². The molecule has 17 heavy (non-hydrogen) atoms. The number of carbonyl (C=O) groups is 1. The highest BCUT2D eigenvalue weighted by Crippen LogP contribution is 2.34. The van der Waals surface area contributed by atoms with E-state index in [2.05, 4.69) is 23.8 Å². The smallest absolute Gasteiger partial charge is 0.250 e. The van der Waals surface area contributed by atoms with Crippen LogP contribution in [0, 0.1) is 0 Å². The highest BCUT2D eigenvalue weighted by molar-refractivity contribution is 6.06. The molecule has 0 saturated heterocycles. The molecule has 88 valence electrons. The average molecular weight is 228 g/mol. The molecule has 1 amide bonds. The summed E-state index contributed by atoms with van der Waals surface area (Å²) in [6, 6.07) is 7.67. The number of para-hydroxylation sites is 2. The van der Waals surface area contributed by atoms with Gasteiger partial charge < -0.3 is 10.6 Å². The molecule has 0 radical (unpaired) electrons. The van der Waals surface area contributed by atoms with E-state index in [4.69, 9.17) is 0 Å². The number of anilines is 2. The van der Waals surface area contributed by atoms with E-state index in [-0.39, 0.29) is 5.91 Å². The van der Waals surface area contributed by atoms with Crippen molar-refractivity contribution in [2.75, 3.05) is 10.6 Å². The first kappa shape index (κ1) is 11.5. The summed E-state index contributed by atoms with van der Waals surface area (Å²) in [7, 11) is 0. The number of benzene rings is 1. The number of hydrogen-bond donors (Lipinski definition) is 2. The second-order valence-corrected chi connectivity index (χ2v) is 4.19. The summed E-state index contributed by atoms with van der Waals surface area (Å²) in [4.78, 5) is 12.2. The molecule has 3 nitrogen and oxygen atoms in total. The zero-order valence-electron chi connectivity index (χ0n) is 9.70. The fraction of sp³-hybridized carbons (Fsp3) is 0.214. The molecule has 3 heteroatoms. The van der Waals surface area contributed by atoms with Crippen LogP contribution in [0.3, 0.4) is 0 Å². The Morgan fingerprint density at radius 2 is 1.71 bits per heavy atom. The normalized spacial score (nSPS) is 16.4. The Labute approximate surface area is 101 Å². The van der Waals surface area contributed by atoms with Crippen LogP contribution in [0.2, 0.25) is 0 Å². The van der Waals surface area contributed by atoms with Crippen molar-refractivity contribution in [3.05, 3.63) is 49.6 Å². The van der Waals surface area contributed by atoms with Gasteiger partial charge >= 0.3 is 0 Å². The van der Waals surface area contributed by atoms with Gasteiger partial charge in [-0.15, -0.1) is 13.2 Å². The molecule has 1 aliphatic rings. The fourth-order valence-electron chi connectivity index (χ4n) is 2.12. The molecule has 0 atom stereocenters. The Balaban J connectivity index is 2.40. The molecule has 2 N–H and O–H groups in total. The molecule has 0 aliphatic carbocycles. The Kier molecular flexibility index (Phi) is 3.00. The highest BCUT2D eigenvalue weighted by Gasteiger charge is 2.39. The maximum Gasteiger partial charge on any atom is 0.250 e. The molecular formula is C14H16N2O. The molecule has 0 saturated carbocycles. The van der Waals surface area contributed by atoms with Crippen LogP contribution in [0.5, 0.6) is 0 Å². The third kappa shape index (κ3) is 1.96. The van der Waals surface area contributed by atoms with E-state index < -0.39 is 5.54 Å². The van der Waals surface area contributed by atoms with Gasteiger partial charge in [-0.25, -0.2) is 0 Å². The molecule has 0 spiro atoms. The molecule has 1 aromatic carbocycles. The summed E-state index contributed by atoms with van der Waals surface area (Å²) in [5, 5.41) is 6.23. The van der Waals surface area contributed by atoms with Crippen LogP contribution in [0.25, 0.3) is 0 Å². The summed E-state index contributed by atoms with van der Waals surface area (Å²) >= 11 is 0. The minimum absolute atomic E-state index is 0.0315. The SMILES string of the molecule is C=CCC1(CC=C)Nc2ccccc2NC1=O. The zero-order valence-corrected chi connectivity index (χ0v) is 9.70. The van der Waals surface area contributed by atoms with Crippen LogP contribution in [0.1, 0.15) is 12.8 Å². The second-order valence-electron chi connectivity index (χ2n) is 4.19. The van der Waals surface area contributed by atoms with Gasteiger partial charge in [0.1, 0.15) is 5.54 Å². The number of rotatable bonds is 4. The largest absolute Gasteiger partial charge is 0.369 e. The standard InChI is InChI=1S/C14H16N2O/c1-3-9-14(10-4-2)13(17)15-11-7-5-6-8-12(11)16-14/h3-8,16H,1-2,9-10H2,(H,15,17). The van der Waals surface area contributed by atoms with Crippen molar-refractivity contribution in [2.24, 2.45) is 0 Å². The lowest BCUT2D eigenvalue weighted by atomic mass is 9.87. The molecule has 1 aromatic rings. The summed E-state index contributed by atoms with van der Waals surface area (Å²) in [5.74, 6) is -0.0315. The number of amides is 1. The minimum Gasteiger partial charge on any atom is -0.369 e. The molecule has 0 bridgehead atoms. The average Bonchev–Trinajstić information content (AvgIpc) is 2.31. The predicted molar refractivity (Wildman–Crippen MR) is 71.1 cm³/mol. The first-order valence-corrected chi connectivity index (χ1v) is 5.62. The fourth-order valence-corrected chi connectivity index (χ4v) is 2.12. The van der Waals surface area contributed by atoms with Crippen molar-refractivity contribution in [3.63, 3.8) is 0 Å². The van der Waals surface area contributed by atoms with Crippen molar-refractivity contribution in [2.45, 2.75) is 18.4 Å². The molecule has 1 aliphatic heterocycles. The Morgan fingerprint density at radius 3 is 2.29 bits per heavy atom. The topological polar surface area (TPSA) is 41.1 Å². The van der Waals surface area contributed by atoms with Crippen molar-refractivity contribution in [3.8, 4) is 0 Å². The Hall–Kier alpha value is -2.03. The molecule has 0 fully saturated rings. The van der Waals surface area contributed by atoms with Crippen LogP contribution >= 0.6 is 0 Å². The van der Waals surface area contributed by atoms with E-state index in [0.29, 0.717) is 12.8 Å². The van der Waals surface area contributed by atoms with Gasteiger partial charge in [-0.05, 0) is 25.0 Å². The van der Waals surface area contributed by atoms with Gasteiger partial charge in [0.2, 0.25) is 0 Å². The second kappa shape index (κ2) is 4.45. The van der Waals surface area contributed by atoms with Crippen LogP contribution in [-0.4, -0.2) is 11.4 Å². The molecule has 0 aromatic heterocycles. The third-order valence-corrected chi connectivity index (χ3v) is 2.97. The number of carbonyl (C=O) groups excluding carboxylic acids is 1. The Morgan fingerprint density at radius 1 is 1.12 bits per heavy atom. The van der Waals surface area contributed by atoms with Gasteiger partial charge in [0.05, 0.1) is 11.4 Å².